The molecule has 0 fully saturated rings. The topological polar surface area (TPSA) is 47.5 Å². The fourth-order valence-electron chi connectivity index (χ4n) is 2.76. The zero-order chi connectivity index (χ0) is 18.9. The van der Waals surface area contributed by atoms with E-state index in [1.165, 1.54) is 5.56 Å². The molecule has 0 aliphatic carbocycles. The van der Waals surface area contributed by atoms with Crippen molar-refractivity contribution in [3.63, 3.8) is 0 Å². The van der Waals surface area contributed by atoms with E-state index in [0.29, 0.717) is 0 Å². The van der Waals surface area contributed by atoms with Gasteiger partial charge in [-0.15, -0.1) is 0 Å². The lowest BCUT2D eigenvalue weighted by atomic mass is 9.88. The summed E-state index contributed by atoms with van der Waals surface area (Å²) in [6.45, 7) is 13.1. The van der Waals surface area contributed by atoms with Crippen LogP contribution in [0.25, 0.3) is 11.2 Å². The van der Waals surface area contributed by atoms with Crippen molar-refractivity contribution in [1.82, 2.24) is 24.0 Å². The van der Waals surface area contributed by atoms with E-state index in [-0.39, 0.29) is 10.8 Å². The summed E-state index contributed by atoms with van der Waals surface area (Å²) in [5, 5.41) is 4.10. The van der Waals surface area contributed by atoms with Crippen LogP contribution in [0.4, 0.5) is 0 Å². The second-order valence-corrected chi connectivity index (χ2v) is 8.56. The molecular weight excluding hydrogens is 322 g/mol. The molecule has 26 heavy (non-hydrogen) atoms. The molecule has 4 aromatic rings. The molecule has 0 aliphatic heterocycles. The highest BCUT2D eigenvalue weighted by molar-refractivity contribution is 5.46. The van der Waals surface area contributed by atoms with Gasteiger partial charge in [-0.25, -0.2) is 14.5 Å². The third-order valence-corrected chi connectivity index (χ3v) is 4.25. The van der Waals surface area contributed by atoms with Crippen LogP contribution in [0.1, 0.15) is 52.9 Å². The summed E-state index contributed by atoms with van der Waals surface area (Å²) < 4.78 is 3.95. The normalized spacial score (nSPS) is 12.2. The maximum Gasteiger partial charge on any atom is 0.155 e. The van der Waals surface area contributed by atoms with Crippen molar-refractivity contribution in [2.24, 2.45) is 0 Å². The van der Waals surface area contributed by atoms with Crippen LogP contribution in [0.15, 0.2) is 55.2 Å². The van der Waals surface area contributed by atoms with Gasteiger partial charge in [-0.2, -0.15) is 5.10 Å². The minimum Gasteiger partial charge on any atom is -0.303 e. The van der Waals surface area contributed by atoms with Crippen LogP contribution < -0.4 is 0 Å². The summed E-state index contributed by atoms with van der Waals surface area (Å²) in [5.41, 5.74) is 3.60. The van der Waals surface area contributed by atoms with E-state index in [0.717, 1.165) is 17.0 Å². The molecule has 4 heterocycles. The standard InChI is InChI=1S/C11H14N2.C10H13N3/c1-11(2,3)10-12-8-9-6-4-5-7-13(9)10;1-10(2,3)8-4-5-9-11-7-12-13(9)6-8/h4-8H,1-3H3;4-7H,1-3H3. The summed E-state index contributed by atoms with van der Waals surface area (Å²) in [6.07, 6.45) is 7.58. The molecule has 0 radical (unpaired) electrons. The smallest absolute Gasteiger partial charge is 0.155 e. The predicted molar refractivity (Wildman–Crippen MR) is 106 cm³/mol. The summed E-state index contributed by atoms with van der Waals surface area (Å²) in [7, 11) is 0. The Hall–Kier alpha value is -2.69. The minimum atomic E-state index is 0.105. The Kier molecular flexibility index (Phi) is 4.57. The third kappa shape index (κ3) is 3.77. The first-order valence-electron chi connectivity index (χ1n) is 8.89. The number of nitrogens with zero attached hydrogens (tertiary/aromatic N) is 5. The van der Waals surface area contributed by atoms with Gasteiger partial charge in [0.05, 0.1) is 11.7 Å². The average molecular weight is 349 g/mol. The molecule has 0 N–H and O–H groups in total. The number of rotatable bonds is 0. The SMILES string of the molecule is CC(C)(C)c1ccc2ncnn2c1.CC(C)(C)c1ncc2ccccn12. The van der Waals surface area contributed by atoms with Crippen LogP contribution in [0, 0.1) is 0 Å². The molecule has 0 bridgehead atoms. The Morgan fingerprint density at radius 1 is 0.846 bits per heavy atom. The van der Waals surface area contributed by atoms with Crippen LogP contribution in [0.3, 0.4) is 0 Å². The quantitative estimate of drug-likeness (QED) is 0.464. The van der Waals surface area contributed by atoms with Gasteiger partial charge in [0, 0.05) is 17.8 Å². The molecule has 4 rings (SSSR count). The maximum atomic E-state index is 4.43. The number of pyridine rings is 2. The van der Waals surface area contributed by atoms with Crippen LogP contribution in [0.5, 0.6) is 0 Å². The van der Waals surface area contributed by atoms with Crippen molar-refractivity contribution < 1.29 is 0 Å². The van der Waals surface area contributed by atoms with E-state index in [9.17, 15) is 0 Å². The van der Waals surface area contributed by atoms with Gasteiger partial charge in [-0.05, 0) is 29.2 Å². The summed E-state index contributed by atoms with van der Waals surface area (Å²) >= 11 is 0. The molecule has 0 aliphatic rings. The molecule has 136 valence electrons. The van der Waals surface area contributed by atoms with Crippen molar-refractivity contribution in [1.29, 1.82) is 0 Å². The Bertz CT molecular complexity index is 1010. The van der Waals surface area contributed by atoms with Gasteiger partial charge in [0.15, 0.2) is 5.65 Å². The van der Waals surface area contributed by atoms with Gasteiger partial charge >= 0.3 is 0 Å². The predicted octanol–water partition coefficient (Wildman–Crippen LogP) is 4.66. The minimum absolute atomic E-state index is 0.105. The molecule has 5 nitrogen and oxygen atoms in total. The lowest BCUT2D eigenvalue weighted by molar-refractivity contribution is 0.543. The average Bonchev–Trinajstić information content (AvgIpc) is 3.20. The van der Waals surface area contributed by atoms with Gasteiger partial charge in [-0.1, -0.05) is 53.7 Å². The Morgan fingerprint density at radius 3 is 2.31 bits per heavy atom. The van der Waals surface area contributed by atoms with E-state index in [4.69, 9.17) is 0 Å². The van der Waals surface area contributed by atoms with E-state index in [1.807, 2.05) is 30.6 Å². The summed E-state index contributed by atoms with van der Waals surface area (Å²) in [5.74, 6) is 1.11. The maximum absolute atomic E-state index is 4.43. The van der Waals surface area contributed by atoms with E-state index >= 15 is 0 Å². The van der Waals surface area contributed by atoms with E-state index < -0.39 is 0 Å². The molecule has 0 spiro atoms. The Morgan fingerprint density at radius 2 is 1.62 bits per heavy atom. The second-order valence-electron chi connectivity index (χ2n) is 8.56. The zero-order valence-electron chi connectivity index (χ0n) is 16.4. The lowest BCUT2D eigenvalue weighted by Crippen LogP contribution is -2.15. The van der Waals surface area contributed by atoms with Crippen molar-refractivity contribution in [2.45, 2.75) is 52.4 Å². The molecule has 0 amide bonds. The van der Waals surface area contributed by atoms with Gasteiger partial charge in [0.2, 0.25) is 0 Å². The highest BCUT2D eigenvalue weighted by Crippen LogP contribution is 2.22. The first kappa shape index (κ1) is 18.1. The largest absolute Gasteiger partial charge is 0.303 e. The van der Waals surface area contributed by atoms with Crippen LogP contribution in [-0.4, -0.2) is 24.0 Å². The molecule has 0 saturated heterocycles. The van der Waals surface area contributed by atoms with Crippen LogP contribution >= 0.6 is 0 Å². The molecule has 5 heteroatoms. The lowest BCUT2D eigenvalue weighted by Gasteiger charge is -2.18. The summed E-state index contributed by atoms with van der Waals surface area (Å²) in [6, 6.07) is 10.2. The van der Waals surface area contributed by atoms with Crippen molar-refractivity contribution >= 4 is 11.2 Å². The Labute approximate surface area is 154 Å². The Balaban J connectivity index is 0.000000151. The number of imidazole rings is 1. The number of aromatic nitrogens is 5. The summed E-state index contributed by atoms with van der Waals surface area (Å²) in [4.78, 5) is 8.52. The highest BCUT2D eigenvalue weighted by atomic mass is 15.3. The monoisotopic (exact) mass is 349 g/mol. The van der Waals surface area contributed by atoms with E-state index in [2.05, 4.69) is 79.3 Å². The first-order chi connectivity index (χ1) is 12.2. The van der Waals surface area contributed by atoms with Crippen LogP contribution in [0.2, 0.25) is 0 Å². The molecule has 0 aromatic carbocycles. The van der Waals surface area contributed by atoms with Crippen molar-refractivity contribution in [3.05, 3.63) is 66.6 Å². The molecule has 0 atom stereocenters. The third-order valence-electron chi connectivity index (χ3n) is 4.25. The van der Waals surface area contributed by atoms with Gasteiger partial charge in [0.25, 0.3) is 0 Å². The fourth-order valence-corrected chi connectivity index (χ4v) is 2.76. The van der Waals surface area contributed by atoms with Crippen molar-refractivity contribution in [3.8, 4) is 0 Å². The van der Waals surface area contributed by atoms with E-state index in [1.54, 1.807) is 10.8 Å². The molecular formula is C21H27N5. The fraction of sp³-hybridized carbons (Fsp3) is 0.381. The number of fused-ring (bicyclic) bond motifs is 2. The second kappa shape index (κ2) is 6.56. The number of hydrogen-bond donors (Lipinski definition) is 0. The molecule has 0 unspecified atom stereocenters. The number of hydrogen-bond acceptors (Lipinski definition) is 3. The highest BCUT2D eigenvalue weighted by Gasteiger charge is 2.18. The van der Waals surface area contributed by atoms with Crippen LogP contribution in [-0.2, 0) is 10.8 Å². The van der Waals surface area contributed by atoms with Crippen molar-refractivity contribution in [2.75, 3.05) is 0 Å². The van der Waals surface area contributed by atoms with Gasteiger partial charge < -0.3 is 4.40 Å². The molecule has 4 aromatic heterocycles. The van der Waals surface area contributed by atoms with Gasteiger partial charge in [0.1, 0.15) is 12.2 Å². The zero-order valence-corrected chi connectivity index (χ0v) is 16.4. The van der Waals surface area contributed by atoms with Gasteiger partial charge in [-0.3, -0.25) is 0 Å². The molecule has 0 saturated carbocycles. The first-order valence-corrected chi connectivity index (χ1v) is 8.89.